The molecule has 0 aliphatic carbocycles. The van der Waals surface area contributed by atoms with E-state index in [2.05, 4.69) is 17.4 Å². The van der Waals surface area contributed by atoms with E-state index in [4.69, 9.17) is 0 Å². The summed E-state index contributed by atoms with van der Waals surface area (Å²) in [6.45, 7) is 0. The highest BCUT2D eigenvalue weighted by Crippen LogP contribution is 2.35. The summed E-state index contributed by atoms with van der Waals surface area (Å²) in [7, 11) is 0. The van der Waals surface area contributed by atoms with Gasteiger partial charge in [0.25, 0.3) is 0 Å². The lowest BCUT2D eigenvalue weighted by Gasteiger charge is -2.12. The summed E-state index contributed by atoms with van der Waals surface area (Å²) in [5.41, 5.74) is -1.25. The Kier molecular flexibility index (Phi) is 3.32. The van der Waals surface area contributed by atoms with Crippen LogP contribution in [-0.4, -0.2) is 6.36 Å². The van der Waals surface area contributed by atoms with Gasteiger partial charge in [0, 0.05) is 4.90 Å². The Morgan fingerprint density at radius 3 is 1.94 bits per heavy atom. The molecular weight excluding hydrogens is 258 g/mol. The molecule has 0 amide bonds. The number of halogens is 6. The zero-order valence-electron chi connectivity index (χ0n) is 7.36. The molecule has 0 fully saturated rings. The van der Waals surface area contributed by atoms with Gasteiger partial charge in [0.15, 0.2) is 0 Å². The van der Waals surface area contributed by atoms with Crippen molar-refractivity contribution in [3.8, 4) is 5.75 Å². The number of hydrogen-bond donors (Lipinski definition) is 1. The van der Waals surface area contributed by atoms with E-state index < -0.39 is 23.9 Å². The maximum Gasteiger partial charge on any atom is 0.573 e. The molecule has 1 aromatic carbocycles. The van der Waals surface area contributed by atoms with Gasteiger partial charge in [-0.25, -0.2) is 0 Å². The van der Waals surface area contributed by atoms with Crippen molar-refractivity contribution in [2.24, 2.45) is 0 Å². The molecule has 0 atom stereocenters. The molecule has 0 aromatic heterocycles. The quantitative estimate of drug-likeness (QED) is 0.596. The van der Waals surface area contributed by atoms with E-state index >= 15 is 0 Å². The number of alkyl halides is 6. The maximum absolute atomic E-state index is 12.2. The highest BCUT2D eigenvalue weighted by molar-refractivity contribution is 7.80. The first-order valence-electron chi connectivity index (χ1n) is 3.75. The van der Waals surface area contributed by atoms with Gasteiger partial charge in [-0.1, -0.05) is 0 Å². The molecule has 1 rings (SSSR count). The number of ether oxygens (including phenoxy) is 1. The van der Waals surface area contributed by atoms with Crippen LogP contribution in [0, 0.1) is 0 Å². The minimum absolute atomic E-state index is 0.257. The molecular formula is C8H4F6OS. The Labute approximate surface area is 91.4 Å². The molecule has 16 heavy (non-hydrogen) atoms. The first-order valence-corrected chi connectivity index (χ1v) is 4.20. The molecule has 0 unspecified atom stereocenters. The fourth-order valence-electron chi connectivity index (χ4n) is 0.940. The lowest BCUT2D eigenvalue weighted by molar-refractivity contribution is -0.274. The van der Waals surface area contributed by atoms with Crippen LogP contribution in [-0.2, 0) is 6.18 Å². The van der Waals surface area contributed by atoms with Crippen LogP contribution in [0.4, 0.5) is 26.3 Å². The Balaban J connectivity index is 3.09. The van der Waals surface area contributed by atoms with Crippen molar-refractivity contribution in [2.75, 3.05) is 0 Å². The van der Waals surface area contributed by atoms with Crippen LogP contribution in [0.2, 0.25) is 0 Å². The molecule has 0 saturated carbocycles. The van der Waals surface area contributed by atoms with Gasteiger partial charge >= 0.3 is 12.5 Å². The van der Waals surface area contributed by atoms with E-state index in [0.717, 1.165) is 6.07 Å². The summed E-state index contributed by atoms with van der Waals surface area (Å²) >= 11 is 3.56. The minimum atomic E-state index is -5.04. The molecule has 0 aliphatic rings. The van der Waals surface area contributed by atoms with E-state index in [1.54, 1.807) is 0 Å². The van der Waals surface area contributed by atoms with Gasteiger partial charge in [-0.2, -0.15) is 13.2 Å². The lowest BCUT2D eigenvalue weighted by atomic mass is 10.2. The van der Waals surface area contributed by atoms with Crippen molar-refractivity contribution in [1.29, 1.82) is 0 Å². The number of benzene rings is 1. The third-order valence-corrected chi connectivity index (χ3v) is 1.71. The van der Waals surface area contributed by atoms with Gasteiger partial charge in [-0.15, -0.1) is 25.8 Å². The molecule has 0 aliphatic heterocycles. The zero-order valence-corrected chi connectivity index (χ0v) is 8.25. The van der Waals surface area contributed by atoms with E-state index in [9.17, 15) is 26.3 Å². The predicted molar refractivity (Wildman–Crippen MR) is 45.4 cm³/mol. The molecule has 8 heteroatoms. The van der Waals surface area contributed by atoms with Gasteiger partial charge in [-0.3, -0.25) is 0 Å². The highest BCUT2D eigenvalue weighted by Gasteiger charge is 2.34. The number of rotatable bonds is 1. The van der Waals surface area contributed by atoms with Crippen LogP contribution in [0.1, 0.15) is 5.56 Å². The van der Waals surface area contributed by atoms with Crippen molar-refractivity contribution < 1.29 is 31.1 Å². The zero-order chi connectivity index (χ0) is 12.6. The van der Waals surface area contributed by atoms with Crippen molar-refractivity contribution in [3.05, 3.63) is 23.8 Å². The van der Waals surface area contributed by atoms with Crippen LogP contribution >= 0.6 is 12.6 Å². The maximum atomic E-state index is 12.2. The Morgan fingerprint density at radius 2 is 1.50 bits per heavy atom. The van der Waals surface area contributed by atoms with Gasteiger partial charge < -0.3 is 4.74 Å². The van der Waals surface area contributed by atoms with E-state index in [1.165, 1.54) is 0 Å². The normalized spacial score (nSPS) is 12.7. The molecule has 0 bridgehead atoms. The second-order valence-electron chi connectivity index (χ2n) is 2.76. The lowest BCUT2D eigenvalue weighted by Crippen LogP contribution is -2.17. The van der Waals surface area contributed by atoms with Gasteiger partial charge in [0.1, 0.15) is 5.75 Å². The highest BCUT2D eigenvalue weighted by atomic mass is 32.1. The number of thiol groups is 1. The standard InChI is InChI=1S/C8H4F6OS/c9-7(10,11)4-1-5(3-6(16)2-4)15-8(12,13)14/h1-3,16H. The van der Waals surface area contributed by atoms with Crippen LogP contribution in [0.5, 0.6) is 5.75 Å². The van der Waals surface area contributed by atoms with Crippen molar-refractivity contribution in [2.45, 2.75) is 17.4 Å². The minimum Gasteiger partial charge on any atom is -0.406 e. The monoisotopic (exact) mass is 262 g/mol. The largest absolute Gasteiger partial charge is 0.573 e. The molecule has 90 valence electrons. The van der Waals surface area contributed by atoms with Crippen LogP contribution in [0.15, 0.2) is 23.1 Å². The third-order valence-electron chi connectivity index (χ3n) is 1.45. The van der Waals surface area contributed by atoms with Crippen LogP contribution < -0.4 is 4.74 Å². The molecule has 0 heterocycles. The van der Waals surface area contributed by atoms with Crippen LogP contribution in [0.3, 0.4) is 0 Å². The summed E-state index contributed by atoms with van der Waals surface area (Å²) in [6.07, 6.45) is -9.78. The molecule has 0 radical (unpaired) electrons. The summed E-state index contributed by atoms with van der Waals surface area (Å²) in [4.78, 5) is -0.269. The molecule has 1 aromatic rings. The topological polar surface area (TPSA) is 9.23 Å². The second kappa shape index (κ2) is 4.08. The van der Waals surface area contributed by atoms with Crippen molar-refractivity contribution in [1.82, 2.24) is 0 Å². The fraction of sp³-hybridized carbons (Fsp3) is 0.250. The number of hydrogen-bond acceptors (Lipinski definition) is 2. The first kappa shape index (κ1) is 13.0. The first-order chi connectivity index (χ1) is 7.08. The van der Waals surface area contributed by atoms with E-state index in [-0.39, 0.29) is 11.0 Å². The summed E-state index contributed by atoms with van der Waals surface area (Å²) in [6, 6.07) is 1.60. The SMILES string of the molecule is FC(F)(F)Oc1cc(S)cc(C(F)(F)F)c1. The second-order valence-corrected chi connectivity index (χ2v) is 3.28. The summed E-state index contributed by atoms with van der Waals surface area (Å²) < 4.78 is 75.3. The average molecular weight is 262 g/mol. The van der Waals surface area contributed by atoms with E-state index in [1.807, 2.05) is 0 Å². The molecule has 0 spiro atoms. The predicted octanol–water partition coefficient (Wildman–Crippen LogP) is 3.89. The Bertz CT molecular complexity index is 383. The summed E-state index contributed by atoms with van der Waals surface area (Å²) in [5.74, 6) is -0.952. The fourth-order valence-corrected chi connectivity index (χ4v) is 1.21. The average Bonchev–Trinajstić information content (AvgIpc) is 1.97. The van der Waals surface area contributed by atoms with Crippen molar-refractivity contribution >= 4 is 12.6 Å². The van der Waals surface area contributed by atoms with Gasteiger partial charge in [0.05, 0.1) is 5.56 Å². The Morgan fingerprint density at radius 1 is 0.938 bits per heavy atom. The van der Waals surface area contributed by atoms with Gasteiger partial charge in [0.2, 0.25) is 0 Å². The molecule has 1 nitrogen and oxygen atoms in total. The Hall–Kier alpha value is -1.05. The molecule has 0 N–H and O–H groups in total. The third kappa shape index (κ3) is 3.84. The molecule has 0 saturated heterocycles. The summed E-state index contributed by atoms with van der Waals surface area (Å²) in [5, 5.41) is 0. The van der Waals surface area contributed by atoms with Gasteiger partial charge in [-0.05, 0) is 18.2 Å². The van der Waals surface area contributed by atoms with Crippen molar-refractivity contribution in [3.63, 3.8) is 0 Å². The van der Waals surface area contributed by atoms with Crippen LogP contribution in [0.25, 0.3) is 0 Å². The smallest absolute Gasteiger partial charge is 0.406 e. The van der Waals surface area contributed by atoms with E-state index in [0.29, 0.717) is 6.07 Å².